The van der Waals surface area contributed by atoms with Gasteiger partial charge in [0, 0.05) is 11.6 Å². The van der Waals surface area contributed by atoms with Crippen LogP contribution in [-0.4, -0.2) is 24.2 Å². The van der Waals surface area contributed by atoms with Gasteiger partial charge in [-0.2, -0.15) is 0 Å². The zero-order valence-corrected chi connectivity index (χ0v) is 8.74. The third-order valence-corrected chi connectivity index (χ3v) is 1.19. The van der Waals surface area contributed by atoms with Gasteiger partial charge in [-0.3, -0.25) is 0 Å². The van der Waals surface area contributed by atoms with Crippen molar-refractivity contribution in [1.82, 2.24) is 0 Å². The molecule has 0 heterocycles. The van der Waals surface area contributed by atoms with Crippen LogP contribution < -0.4 is 0 Å². The molecule has 4 heteroatoms. The molecular formula is C10H16O4. The highest BCUT2D eigenvalue weighted by Gasteiger charge is 1.99. The summed E-state index contributed by atoms with van der Waals surface area (Å²) in [5.74, 6) is -1.22. The zero-order valence-electron chi connectivity index (χ0n) is 8.74. The van der Waals surface area contributed by atoms with Gasteiger partial charge in [0.15, 0.2) is 0 Å². The quantitative estimate of drug-likeness (QED) is 0.557. The summed E-state index contributed by atoms with van der Waals surface area (Å²) in [4.78, 5) is 19.9. The summed E-state index contributed by atoms with van der Waals surface area (Å²) in [5.41, 5.74) is 0.681. The third-order valence-electron chi connectivity index (χ3n) is 1.19. The molecule has 0 rings (SSSR count). The summed E-state index contributed by atoms with van der Waals surface area (Å²) < 4.78 is 4.46. The summed E-state index contributed by atoms with van der Waals surface area (Å²) >= 11 is 0. The molecule has 0 aromatic rings. The monoisotopic (exact) mass is 200 g/mol. The van der Waals surface area contributed by atoms with E-state index in [2.05, 4.69) is 11.3 Å². The van der Waals surface area contributed by atoms with Gasteiger partial charge in [0.2, 0.25) is 0 Å². The van der Waals surface area contributed by atoms with Crippen LogP contribution in [0.3, 0.4) is 0 Å². The Kier molecular flexibility index (Phi) is 10.1. The maximum Gasteiger partial charge on any atom is 0.333 e. The van der Waals surface area contributed by atoms with Crippen molar-refractivity contribution in [2.24, 2.45) is 0 Å². The Morgan fingerprint density at radius 2 is 1.93 bits per heavy atom. The van der Waals surface area contributed by atoms with Crippen LogP contribution in [0.5, 0.6) is 0 Å². The number of aliphatic carboxylic acids is 1. The van der Waals surface area contributed by atoms with Crippen molar-refractivity contribution in [3.8, 4) is 0 Å². The summed E-state index contributed by atoms with van der Waals surface area (Å²) in [6.07, 6.45) is 3.55. The van der Waals surface area contributed by atoms with Gasteiger partial charge < -0.3 is 9.84 Å². The molecular weight excluding hydrogens is 184 g/mol. The summed E-state index contributed by atoms with van der Waals surface area (Å²) in [7, 11) is 1.38. The molecule has 0 saturated carbocycles. The van der Waals surface area contributed by atoms with Gasteiger partial charge in [0.1, 0.15) is 0 Å². The molecule has 0 radical (unpaired) electrons. The van der Waals surface area contributed by atoms with E-state index in [4.69, 9.17) is 5.11 Å². The van der Waals surface area contributed by atoms with Crippen molar-refractivity contribution < 1.29 is 19.4 Å². The van der Waals surface area contributed by atoms with Gasteiger partial charge >= 0.3 is 11.9 Å². The van der Waals surface area contributed by atoms with Crippen LogP contribution in [0.2, 0.25) is 0 Å². The molecule has 0 spiro atoms. The van der Waals surface area contributed by atoms with Gasteiger partial charge in [-0.25, -0.2) is 9.59 Å². The standard InChI is InChI=1S/C7H12O2.C3H4O2/c1-4-5-6(2)7(8)9-3;1-2-3(4)5/h5H,4H2,1-3H3;2H,1H2,(H,4,5). The Bertz CT molecular complexity index is 228. The number of carboxylic acids is 1. The molecule has 0 saturated heterocycles. The fourth-order valence-electron chi connectivity index (χ4n) is 0.551. The molecule has 4 nitrogen and oxygen atoms in total. The maximum atomic E-state index is 10.6. The van der Waals surface area contributed by atoms with E-state index in [9.17, 15) is 9.59 Å². The highest BCUT2D eigenvalue weighted by Crippen LogP contribution is 1.96. The van der Waals surface area contributed by atoms with Crippen molar-refractivity contribution >= 4 is 11.9 Å². The highest BCUT2D eigenvalue weighted by atomic mass is 16.5. The van der Waals surface area contributed by atoms with Gasteiger partial charge in [-0.15, -0.1) is 0 Å². The lowest BCUT2D eigenvalue weighted by molar-refractivity contribution is -0.136. The van der Waals surface area contributed by atoms with E-state index in [0.717, 1.165) is 12.5 Å². The average molecular weight is 200 g/mol. The number of rotatable bonds is 3. The molecule has 0 bridgehead atoms. The molecule has 14 heavy (non-hydrogen) atoms. The fraction of sp³-hybridized carbons (Fsp3) is 0.400. The van der Waals surface area contributed by atoms with Gasteiger partial charge in [0.05, 0.1) is 7.11 Å². The van der Waals surface area contributed by atoms with Crippen LogP contribution in [0, 0.1) is 0 Å². The van der Waals surface area contributed by atoms with Crippen molar-refractivity contribution in [3.05, 3.63) is 24.3 Å². The second-order valence-corrected chi connectivity index (χ2v) is 2.33. The number of allylic oxidation sites excluding steroid dienone is 1. The molecule has 0 aromatic heterocycles. The lowest BCUT2D eigenvalue weighted by Crippen LogP contribution is -2.00. The first-order chi connectivity index (χ1) is 6.49. The van der Waals surface area contributed by atoms with E-state index in [1.54, 1.807) is 6.92 Å². The molecule has 0 aliphatic rings. The second kappa shape index (κ2) is 9.51. The van der Waals surface area contributed by atoms with Crippen molar-refractivity contribution in [2.45, 2.75) is 20.3 Å². The lowest BCUT2D eigenvalue weighted by Gasteiger charge is -1.95. The first-order valence-electron chi connectivity index (χ1n) is 4.10. The highest BCUT2D eigenvalue weighted by molar-refractivity contribution is 5.87. The Morgan fingerprint density at radius 3 is 2.14 bits per heavy atom. The molecule has 0 aliphatic carbocycles. The van der Waals surface area contributed by atoms with Crippen LogP contribution in [-0.2, 0) is 14.3 Å². The van der Waals surface area contributed by atoms with E-state index in [1.165, 1.54) is 7.11 Å². The summed E-state index contributed by atoms with van der Waals surface area (Å²) in [5, 5.41) is 7.60. The first kappa shape index (κ1) is 14.9. The predicted molar refractivity (Wildman–Crippen MR) is 53.9 cm³/mol. The molecule has 80 valence electrons. The Hall–Kier alpha value is -1.58. The minimum absolute atomic E-state index is 0.239. The number of carbonyl (C=O) groups is 2. The first-order valence-corrected chi connectivity index (χ1v) is 4.10. The minimum atomic E-state index is -0.981. The number of carboxylic acid groups (broad SMARTS) is 1. The summed E-state index contributed by atoms with van der Waals surface area (Å²) in [6.45, 7) is 6.68. The van der Waals surface area contributed by atoms with Crippen LogP contribution in [0.1, 0.15) is 20.3 Å². The number of methoxy groups -OCH3 is 1. The summed E-state index contributed by atoms with van der Waals surface area (Å²) in [6, 6.07) is 0. The minimum Gasteiger partial charge on any atom is -0.478 e. The molecule has 0 aliphatic heterocycles. The molecule has 1 N–H and O–H groups in total. The maximum absolute atomic E-state index is 10.6. The van der Waals surface area contributed by atoms with Gasteiger partial charge in [-0.05, 0) is 13.3 Å². The number of hydrogen-bond donors (Lipinski definition) is 1. The Balaban J connectivity index is 0. The Labute approximate surface area is 83.9 Å². The van der Waals surface area contributed by atoms with Crippen LogP contribution in [0.25, 0.3) is 0 Å². The molecule has 0 atom stereocenters. The molecule has 0 unspecified atom stereocenters. The van der Waals surface area contributed by atoms with Crippen LogP contribution in [0.15, 0.2) is 24.3 Å². The largest absolute Gasteiger partial charge is 0.478 e. The zero-order chi connectivity index (χ0) is 11.6. The second-order valence-electron chi connectivity index (χ2n) is 2.33. The molecule has 0 amide bonds. The van der Waals surface area contributed by atoms with Crippen molar-refractivity contribution in [2.75, 3.05) is 7.11 Å². The number of ether oxygens (including phenoxy) is 1. The normalized spacial score (nSPS) is 9.50. The number of carbonyl (C=O) groups excluding carboxylic acids is 1. The van der Waals surface area contributed by atoms with Crippen molar-refractivity contribution in [1.29, 1.82) is 0 Å². The van der Waals surface area contributed by atoms with E-state index < -0.39 is 5.97 Å². The lowest BCUT2D eigenvalue weighted by atomic mass is 10.2. The van der Waals surface area contributed by atoms with E-state index in [-0.39, 0.29) is 5.97 Å². The third kappa shape index (κ3) is 10.4. The smallest absolute Gasteiger partial charge is 0.333 e. The molecule has 0 aromatic carbocycles. The van der Waals surface area contributed by atoms with Crippen LogP contribution >= 0.6 is 0 Å². The van der Waals surface area contributed by atoms with Crippen molar-refractivity contribution in [3.63, 3.8) is 0 Å². The van der Waals surface area contributed by atoms with Gasteiger partial charge in [-0.1, -0.05) is 19.6 Å². The predicted octanol–water partition coefficient (Wildman–Crippen LogP) is 1.77. The van der Waals surface area contributed by atoms with Gasteiger partial charge in [0.25, 0.3) is 0 Å². The fourth-order valence-corrected chi connectivity index (χ4v) is 0.551. The van der Waals surface area contributed by atoms with E-state index in [1.807, 2.05) is 13.0 Å². The molecule has 0 fully saturated rings. The average Bonchev–Trinajstić information content (AvgIpc) is 2.17. The van der Waals surface area contributed by atoms with Crippen LogP contribution in [0.4, 0.5) is 0 Å². The SMILES string of the molecule is C=CC(=O)O.CCC=C(C)C(=O)OC. The Morgan fingerprint density at radius 1 is 1.50 bits per heavy atom. The number of hydrogen-bond acceptors (Lipinski definition) is 3. The van der Waals surface area contributed by atoms with E-state index in [0.29, 0.717) is 5.57 Å². The topological polar surface area (TPSA) is 63.6 Å². The van der Waals surface area contributed by atoms with E-state index >= 15 is 0 Å². The number of esters is 1.